The van der Waals surface area contributed by atoms with Gasteiger partial charge >= 0.3 is 0 Å². The van der Waals surface area contributed by atoms with Crippen LogP contribution in [0.5, 0.6) is 0 Å². The summed E-state index contributed by atoms with van der Waals surface area (Å²) in [4.78, 5) is 12.0. The largest absolute Gasteiger partial charge is 0.293 e. The van der Waals surface area contributed by atoms with Crippen LogP contribution in [0.1, 0.15) is 56.0 Å². The summed E-state index contributed by atoms with van der Waals surface area (Å²) in [7, 11) is -3.32. The highest BCUT2D eigenvalue weighted by molar-refractivity contribution is 7.92. The van der Waals surface area contributed by atoms with Gasteiger partial charge in [0.15, 0.2) is 15.6 Å². The van der Waals surface area contributed by atoms with Gasteiger partial charge in [-0.1, -0.05) is 58.4 Å². The van der Waals surface area contributed by atoms with Crippen LogP contribution in [-0.4, -0.2) is 25.7 Å². The molecule has 0 spiro atoms. The first-order valence-electron chi connectivity index (χ1n) is 7.08. The van der Waals surface area contributed by atoms with E-state index in [1.165, 1.54) is 0 Å². The smallest absolute Gasteiger partial charge is 0.177 e. The summed E-state index contributed by atoms with van der Waals surface area (Å²) in [5, 5.41) is 0. The molecule has 1 atom stereocenters. The maximum atomic E-state index is 12.0. The molecular weight excluding hydrogens is 272 g/mol. The summed E-state index contributed by atoms with van der Waals surface area (Å²) in [6, 6.07) is 7.21. The van der Waals surface area contributed by atoms with Gasteiger partial charge in [0.25, 0.3) is 0 Å². The van der Waals surface area contributed by atoms with Crippen molar-refractivity contribution < 1.29 is 13.2 Å². The van der Waals surface area contributed by atoms with Gasteiger partial charge in [0.1, 0.15) is 5.75 Å². The lowest BCUT2D eigenvalue weighted by atomic mass is 10.0. The Hall–Kier alpha value is -1.16. The van der Waals surface area contributed by atoms with Crippen LogP contribution in [0, 0.1) is 5.92 Å². The molecule has 4 heteroatoms. The van der Waals surface area contributed by atoms with E-state index in [4.69, 9.17) is 0 Å². The molecule has 0 aliphatic rings. The van der Waals surface area contributed by atoms with E-state index >= 15 is 0 Å². The van der Waals surface area contributed by atoms with Crippen molar-refractivity contribution in [2.45, 2.75) is 40.0 Å². The monoisotopic (exact) mass is 296 g/mol. The van der Waals surface area contributed by atoms with E-state index in [0.717, 1.165) is 12.0 Å². The Morgan fingerprint density at radius 3 is 2.10 bits per heavy atom. The molecule has 112 valence electrons. The molecule has 0 heterocycles. The number of benzene rings is 1. The number of Topliss-reactive ketones (excluding diaryl/α,β-unsaturated/α-hetero) is 1. The molecule has 1 aromatic rings. The zero-order valence-corrected chi connectivity index (χ0v) is 13.5. The molecule has 0 radical (unpaired) electrons. The third-order valence-electron chi connectivity index (χ3n) is 3.49. The summed E-state index contributed by atoms with van der Waals surface area (Å²) in [6.45, 7) is 7.99. The van der Waals surface area contributed by atoms with Crippen LogP contribution < -0.4 is 0 Å². The van der Waals surface area contributed by atoms with Crippen molar-refractivity contribution in [1.29, 1.82) is 0 Å². The zero-order chi connectivity index (χ0) is 15.3. The number of hydrogen-bond acceptors (Lipinski definition) is 3. The van der Waals surface area contributed by atoms with Crippen molar-refractivity contribution >= 4 is 15.6 Å². The number of ketones is 1. The molecular formula is C16H24O3S. The average Bonchev–Trinajstić information content (AvgIpc) is 2.37. The number of sulfone groups is 1. The molecule has 0 saturated heterocycles. The number of carbonyl (C=O) groups is 1. The first-order chi connectivity index (χ1) is 9.25. The van der Waals surface area contributed by atoms with E-state index in [-0.39, 0.29) is 17.5 Å². The maximum absolute atomic E-state index is 12.0. The van der Waals surface area contributed by atoms with Gasteiger partial charge in [0.05, 0.1) is 5.75 Å². The molecule has 1 unspecified atom stereocenters. The predicted molar refractivity (Wildman–Crippen MR) is 83.0 cm³/mol. The van der Waals surface area contributed by atoms with E-state index in [0.29, 0.717) is 11.5 Å². The molecule has 0 aromatic heterocycles. The second-order valence-corrected chi connectivity index (χ2v) is 7.88. The fourth-order valence-corrected chi connectivity index (χ4v) is 3.73. The number of carbonyl (C=O) groups excluding carboxylic acids is 1. The molecule has 0 aliphatic heterocycles. The second-order valence-electron chi connectivity index (χ2n) is 5.77. The van der Waals surface area contributed by atoms with Crippen LogP contribution in [0.25, 0.3) is 0 Å². The molecule has 0 fully saturated rings. The summed E-state index contributed by atoms with van der Waals surface area (Å²) in [6.07, 6.45) is 0.802. The van der Waals surface area contributed by atoms with Crippen LogP contribution in [0.3, 0.4) is 0 Å². The molecule has 1 aromatic carbocycles. The normalized spacial score (nSPS) is 13.4. The molecule has 0 bridgehead atoms. The van der Waals surface area contributed by atoms with Gasteiger partial charge in [-0.25, -0.2) is 8.42 Å². The van der Waals surface area contributed by atoms with E-state index in [2.05, 4.69) is 13.8 Å². The highest BCUT2D eigenvalue weighted by atomic mass is 32.2. The fourth-order valence-electron chi connectivity index (χ4n) is 1.95. The second kappa shape index (κ2) is 7.02. The Kier molecular flexibility index (Phi) is 5.93. The maximum Gasteiger partial charge on any atom is 0.177 e. The SMILES string of the molecule is CCC(C)CS(=O)(=O)CC(=O)c1ccc(C(C)C)cc1. The lowest BCUT2D eigenvalue weighted by molar-refractivity contribution is 0.102. The van der Waals surface area contributed by atoms with Gasteiger partial charge < -0.3 is 0 Å². The quantitative estimate of drug-likeness (QED) is 0.724. The van der Waals surface area contributed by atoms with Crippen molar-refractivity contribution in [3.63, 3.8) is 0 Å². The van der Waals surface area contributed by atoms with Crippen LogP contribution in [-0.2, 0) is 9.84 Å². The third kappa shape index (κ3) is 5.08. The first-order valence-corrected chi connectivity index (χ1v) is 8.91. The minimum atomic E-state index is -3.32. The van der Waals surface area contributed by atoms with Crippen molar-refractivity contribution in [1.82, 2.24) is 0 Å². The van der Waals surface area contributed by atoms with E-state index in [9.17, 15) is 13.2 Å². The molecule has 1 rings (SSSR count). The van der Waals surface area contributed by atoms with Crippen molar-refractivity contribution in [3.8, 4) is 0 Å². The molecule has 0 saturated carbocycles. The molecule has 0 amide bonds. The molecule has 0 N–H and O–H groups in total. The summed E-state index contributed by atoms with van der Waals surface area (Å²) in [5.74, 6) is -0.134. The molecule has 0 aliphatic carbocycles. The van der Waals surface area contributed by atoms with E-state index in [1.807, 2.05) is 26.0 Å². The lowest BCUT2D eigenvalue weighted by Crippen LogP contribution is -2.22. The topological polar surface area (TPSA) is 51.2 Å². The van der Waals surface area contributed by atoms with Gasteiger partial charge in [-0.05, 0) is 17.4 Å². The minimum Gasteiger partial charge on any atom is -0.293 e. The first kappa shape index (κ1) is 16.9. The van der Waals surface area contributed by atoms with Gasteiger partial charge in [-0.15, -0.1) is 0 Å². The summed E-state index contributed by atoms with van der Waals surface area (Å²) >= 11 is 0. The third-order valence-corrected chi connectivity index (χ3v) is 5.26. The highest BCUT2D eigenvalue weighted by Gasteiger charge is 2.20. The Balaban J connectivity index is 2.76. The molecule has 3 nitrogen and oxygen atoms in total. The molecule has 20 heavy (non-hydrogen) atoms. The van der Waals surface area contributed by atoms with Crippen LogP contribution >= 0.6 is 0 Å². The minimum absolute atomic E-state index is 0.0827. The Morgan fingerprint density at radius 1 is 1.10 bits per heavy atom. The number of hydrogen-bond donors (Lipinski definition) is 0. The Morgan fingerprint density at radius 2 is 1.65 bits per heavy atom. The highest BCUT2D eigenvalue weighted by Crippen LogP contribution is 2.15. The summed E-state index contributed by atoms with van der Waals surface area (Å²) in [5.41, 5.74) is 1.62. The van der Waals surface area contributed by atoms with Crippen LogP contribution in [0.4, 0.5) is 0 Å². The van der Waals surface area contributed by atoms with Crippen molar-refractivity contribution in [2.75, 3.05) is 11.5 Å². The van der Waals surface area contributed by atoms with Crippen molar-refractivity contribution in [3.05, 3.63) is 35.4 Å². The summed E-state index contributed by atoms with van der Waals surface area (Å²) < 4.78 is 23.9. The van der Waals surface area contributed by atoms with Gasteiger partial charge in [0.2, 0.25) is 0 Å². The number of rotatable bonds is 7. The van der Waals surface area contributed by atoms with E-state index in [1.54, 1.807) is 12.1 Å². The van der Waals surface area contributed by atoms with E-state index < -0.39 is 15.6 Å². The van der Waals surface area contributed by atoms with Crippen molar-refractivity contribution in [2.24, 2.45) is 5.92 Å². The van der Waals surface area contributed by atoms with Gasteiger partial charge in [-0.3, -0.25) is 4.79 Å². The van der Waals surface area contributed by atoms with Crippen LogP contribution in [0.2, 0.25) is 0 Å². The van der Waals surface area contributed by atoms with Gasteiger partial charge in [0, 0.05) is 5.56 Å². The van der Waals surface area contributed by atoms with Crippen LogP contribution in [0.15, 0.2) is 24.3 Å². The lowest BCUT2D eigenvalue weighted by Gasteiger charge is -2.10. The van der Waals surface area contributed by atoms with Gasteiger partial charge in [-0.2, -0.15) is 0 Å². The average molecular weight is 296 g/mol. The standard InChI is InChI=1S/C16H24O3S/c1-5-13(4)10-20(18,19)11-16(17)15-8-6-14(7-9-15)12(2)3/h6-9,12-13H,5,10-11H2,1-4H3. The Labute approximate surface area is 122 Å². The fraction of sp³-hybridized carbons (Fsp3) is 0.562. The predicted octanol–water partition coefficient (Wildman–Crippen LogP) is 3.45. The zero-order valence-electron chi connectivity index (χ0n) is 12.7. The Bertz CT molecular complexity index is 542.